The predicted molar refractivity (Wildman–Crippen MR) is 128 cm³/mol. The van der Waals surface area contributed by atoms with Crippen LogP contribution in [-0.4, -0.2) is 63.7 Å². The van der Waals surface area contributed by atoms with Crippen LogP contribution in [0.15, 0.2) is 41.8 Å². The maximum atomic E-state index is 12.3. The highest BCUT2D eigenvalue weighted by molar-refractivity contribution is 7.13. The second-order valence-corrected chi connectivity index (χ2v) is 8.01. The van der Waals surface area contributed by atoms with Gasteiger partial charge in [0.2, 0.25) is 11.7 Å². The molecule has 0 bridgehead atoms. The number of ether oxygens (including phenoxy) is 5. The first-order valence-electron chi connectivity index (χ1n) is 10.4. The lowest BCUT2D eigenvalue weighted by molar-refractivity contribution is -0.121. The number of rotatable bonds is 12. The fourth-order valence-corrected chi connectivity index (χ4v) is 3.96. The molecule has 1 aromatic heterocycles. The normalized spacial score (nSPS) is 11.4. The number of amides is 1. The van der Waals surface area contributed by atoms with E-state index in [2.05, 4.69) is 10.3 Å². The van der Waals surface area contributed by atoms with E-state index in [-0.39, 0.29) is 25.5 Å². The van der Waals surface area contributed by atoms with Crippen molar-refractivity contribution in [3.05, 3.63) is 47.5 Å². The lowest BCUT2D eigenvalue weighted by Crippen LogP contribution is -2.36. The zero-order valence-electron chi connectivity index (χ0n) is 19.5. The molecule has 3 rings (SSSR count). The molecule has 0 saturated carbocycles. The molecule has 1 amide bonds. The minimum atomic E-state index is -0.920. The van der Waals surface area contributed by atoms with Crippen molar-refractivity contribution in [1.29, 1.82) is 0 Å². The zero-order chi connectivity index (χ0) is 24.5. The third kappa shape index (κ3) is 6.30. The van der Waals surface area contributed by atoms with Gasteiger partial charge in [-0.2, -0.15) is 0 Å². The van der Waals surface area contributed by atoms with Crippen LogP contribution in [0.1, 0.15) is 5.69 Å². The van der Waals surface area contributed by atoms with Crippen molar-refractivity contribution in [2.75, 3.05) is 41.6 Å². The third-order valence-corrected chi connectivity index (χ3v) is 5.80. The number of hydrogen-bond acceptors (Lipinski definition) is 9. The summed E-state index contributed by atoms with van der Waals surface area (Å²) in [5, 5.41) is 15.5. The van der Waals surface area contributed by atoms with E-state index in [1.807, 2.05) is 23.6 Å². The molecule has 34 heavy (non-hydrogen) atoms. The van der Waals surface area contributed by atoms with Crippen molar-refractivity contribution in [3.63, 3.8) is 0 Å². The molecule has 9 nitrogen and oxygen atoms in total. The Kier molecular flexibility index (Phi) is 8.94. The predicted octanol–water partition coefficient (Wildman–Crippen LogP) is 2.94. The molecule has 0 aliphatic carbocycles. The first-order chi connectivity index (χ1) is 16.5. The van der Waals surface area contributed by atoms with E-state index in [9.17, 15) is 9.90 Å². The molecular weight excluding hydrogens is 460 g/mol. The summed E-state index contributed by atoms with van der Waals surface area (Å²) in [4.78, 5) is 16.9. The molecule has 0 radical (unpaired) electrons. The summed E-state index contributed by atoms with van der Waals surface area (Å²) in [6, 6.07) is 10.8. The molecule has 2 N–H and O–H groups in total. The Hall–Kier alpha value is -3.50. The molecule has 1 atom stereocenters. The van der Waals surface area contributed by atoms with E-state index in [1.54, 1.807) is 32.4 Å². The number of nitrogens with zero attached hydrogens (tertiary/aromatic N) is 1. The Morgan fingerprint density at radius 1 is 1.00 bits per heavy atom. The van der Waals surface area contributed by atoms with Crippen LogP contribution in [0, 0.1) is 0 Å². The molecule has 2 aromatic carbocycles. The number of nitrogens with one attached hydrogen (secondary N) is 1. The van der Waals surface area contributed by atoms with Gasteiger partial charge >= 0.3 is 0 Å². The SMILES string of the molecule is COc1ccc(-c2nc(CC(=O)NCC(O)COc3c(OC)cccc3OC)cs2)cc1OC. The van der Waals surface area contributed by atoms with Gasteiger partial charge < -0.3 is 34.1 Å². The fraction of sp³-hybridized carbons (Fsp3) is 0.333. The molecule has 182 valence electrons. The van der Waals surface area contributed by atoms with Gasteiger partial charge in [-0.15, -0.1) is 11.3 Å². The summed E-state index contributed by atoms with van der Waals surface area (Å²) in [6.07, 6.45) is -0.825. The molecule has 1 unspecified atom stereocenters. The summed E-state index contributed by atoms with van der Waals surface area (Å²) in [7, 11) is 6.20. The molecule has 0 aliphatic heterocycles. The maximum absolute atomic E-state index is 12.3. The third-order valence-electron chi connectivity index (χ3n) is 4.86. The van der Waals surface area contributed by atoms with Crippen molar-refractivity contribution < 1.29 is 33.6 Å². The number of para-hydroxylation sites is 1. The van der Waals surface area contributed by atoms with Crippen LogP contribution >= 0.6 is 11.3 Å². The smallest absolute Gasteiger partial charge is 0.226 e. The van der Waals surface area contributed by atoms with E-state index in [1.165, 1.54) is 25.6 Å². The van der Waals surface area contributed by atoms with Gasteiger partial charge in [0.15, 0.2) is 23.0 Å². The van der Waals surface area contributed by atoms with Crippen LogP contribution < -0.4 is 29.0 Å². The number of aliphatic hydroxyl groups is 1. The first kappa shape index (κ1) is 25.1. The van der Waals surface area contributed by atoms with Crippen LogP contribution in [0.4, 0.5) is 0 Å². The highest BCUT2D eigenvalue weighted by Gasteiger charge is 2.16. The summed E-state index contributed by atoms with van der Waals surface area (Å²) in [6.45, 7) is -0.0138. The maximum Gasteiger partial charge on any atom is 0.226 e. The second-order valence-electron chi connectivity index (χ2n) is 7.15. The Bertz CT molecular complexity index is 1080. The van der Waals surface area contributed by atoms with E-state index in [0.29, 0.717) is 34.4 Å². The van der Waals surface area contributed by atoms with Crippen LogP contribution in [0.3, 0.4) is 0 Å². The number of aromatic nitrogens is 1. The molecule has 1 heterocycles. The molecule has 0 fully saturated rings. The topological polar surface area (TPSA) is 108 Å². The molecule has 10 heteroatoms. The lowest BCUT2D eigenvalue weighted by atomic mass is 10.2. The Morgan fingerprint density at radius 2 is 1.68 bits per heavy atom. The van der Waals surface area contributed by atoms with E-state index >= 15 is 0 Å². The average Bonchev–Trinajstić information content (AvgIpc) is 3.33. The van der Waals surface area contributed by atoms with Gasteiger partial charge in [0.05, 0.1) is 40.6 Å². The first-order valence-corrected chi connectivity index (χ1v) is 11.3. The van der Waals surface area contributed by atoms with E-state index in [4.69, 9.17) is 23.7 Å². The standard InChI is InChI=1S/C24H28N2O7S/c1-29-18-9-8-15(10-21(18)32-4)24-26-16(14-34-24)11-22(28)25-12-17(27)13-33-23-19(30-2)6-5-7-20(23)31-3/h5-10,14,17,27H,11-13H2,1-4H3,(H,25,28). The van der Waals surface area contributed by atoms with Crippen LogP contribution in [0.25, 0.3) is 10.6 Å². The van der Waals surface area contributed by atoms with Crippen LogP contribution in [0.5, 0.6) is 28.7 Å². The van der Waals surface area contributed by atoms with Crippen molar-refractivity contribution >= 4 is 17.2 Å². The van der Waals surface area contributed by atoms with Gasteiger partial charge in [-0.3, -0.25) is 4.79 Å². The van der Waals surface area contributed by atoms with Gasteiger partial charge in [0, 0.05) is 17.5 Å². The number of aliphatic hydroxyl groups excluding tert-OH is 1. The minimum Gasteiger partial charge on any atom is -0.493 e. The summed E-state index contributed by atoms with van der Waals surface area (Å²) < 4.78 is 26.8. The van der Waals surface area contributed by atoms with Gasteiger partial charge in [0.1, 0.15) is 17.7 Å². The Balaban J connectivity index is 1.51. The number of thiazole rings is 1. The van der Waals surface area contributed by atoms with Crippen molar-refractivity contribution in [1.82, 2.24) is 10.3 Å². The lowest BCUT2D eigenvalue weighted by Gasteiger charge is -2.17. The fourth-order valence-electron chi connectivity index (χ4n) is 3.15. The highest BCUT2D eigenvalue weighted by Crippen LogP contribution is 2.37. The molecule has 0 aliphatic rings. The second kappa shape index (κ2) is 12.1. The molecule has 0 saturated heterocycles. The quantitative estimate of drug-likeness (QED) is 0.401. The minimum absolute atomic E-state index is 0.0307. The van der Waals surface area contributed by atoms with Gasteiger partial charge in [-0.05, 0) is 30.3 Å². The van der Waals surface area contributed by atoms with E-state index in [0.717, 1.165) is 10.6 Å². The van der Waals surface area contributed by atoms with Gasteiger partial charge in [-0.25, -0.2) is 4.98 Å². The van der Waals surface area contributed by atoms with Crippen LogP contribution in [-0.2, 0) is 11.2 Å². The van der Waals surface area contributed by atoms with E-state index < -0.39 is 6.10 Å². The highest BCUT2D eigenvalue weighted by atomic mass is 32.1. The summed E-state index contributed by atoms with van der Waals surface area (Å²) in [5.74, 6) is 2.36. The molecule has 3 aromatic rings. The summed E-state index contributed by atoms with van der Waals surface area (Å²) >= 11 is 1.43. The summed E-state index contributed by atoms with van der Waals surface area (Å²) in [5.41, 5.74) is 1.51. The van der Waals surface area contributed by atoms with Gasteiger partial charge in [-0.1, -0.05) is 6.07 Å². The monoisotopic (exact) mass is 488 g/mol. The van der Waals surface area contributed by atoms with Crippen molar-refractivity contribution in [2.45, 2.75) is 12.5 Å². The molecular formula is C24H28N2O7S. The number of benzene rings is 2. The Labute approximate surface area is 202 Å². The number of carbonyl (C=O) groups excluding carboxylic acids is 1. The average molecular weight is 489 g/mol. The van der Waals surface area contributed by atoms with Crippen molar-refractivity contribution in [2.24, 2.45) is 0 Å². The van der Waals surface area contributed by atoms with Crippen molar-refractivity contribution in [3.8, 4) is 39.3 Å². The molecule has 0 spiro atoms. The zero-order valence-corrected chi connectivity index (χ0v) is 20.3. The van der Waals surface area contributed by atoms with Gasteiger partial charge in [0.25, 0.3) is 0 Å². The largest absolute Gasteiger partial charge is 0.493 e. The number of hydrogen-bond donors (Lipinski definition) is 2. The van der Waals surface area contributed by atoms with Crippen LogP contribution in [0.2, 0.25) is 0 Å². The Morgan fingerprint density at radius 3 is 2.32 bits per heavy atom. The number of methoxy groups -OCH3 is 4. The number of carbonyl (C=O) groups is 1.